The second kappa shape index (κ2) is 8.95. The summed E-state index contributed by atoms with van der Waals surface area (Å²) >= 11 is 0. The van der Waals surface area contributed by atoms with Gasteiger partial charge in [-0.15, -0.1) is 0 Å². The van der Waals surface area contributed by atoms with Crippen LogP contribution in [0.3, 0.4) is 0 Å². The van der Waals surface area contributed by atoms with Crippen molar-refractivity contribution in [2.24, 2.45) is 0 Å². The zero-order valence-corrected chi connectivity index (χ0v) is 16.6. The van der Waals surface area contributed by atoms with Gasteiger partial charge in [0.1, 0.15) is 17.3 Å². The first kappa shape index (κ1) is 19.3. The summed E-state index contributed by atoms with van der Waals surface area (Å²) in [6.07, 6.45) is 1.98. The average molecular weight is 370 g/mol. The molecule has 2 heterocycles. The fourth-order valence-corrected chi connectivity index (χ4v) is 3.53. The van der Waals surface area contributed by atoms with Crippen molar-refractivity contribution in [3.63, 3.8) is 0 Å². The van der Waals surface area contributed by atoms with Crippen LogP contribution in [0.15, 0.2) is 36.5 Å². The van der Waals surface area contributed by atoms with Crippen LogP contribution in [0, 0.1) is 0 Å². The van der Waals surface area contributed by atoms with E-state index < -0.39 is 0 Å². The number of hydrogen-bond donors (Lipinski definition) is 1. The number of nitrogens with zero attached hydrogens (tertiary/aromatic N) is 4. The molecule has 1 fully saturated rings. The highest BCUT2D eigenvalue weighted by Crippen LogP contribution is 2.25. The van der Waals surface area contributed by atoms with Gasteiger partial charge in [0.2, 0.25) is 0 Å². The summed E-state index contributed by atoms with van der Waals surface area (Å²) in [4.78, 5) is 11.7. The summed E-state index contributed by atoms with van der Waals surface area (Å²) in [5.41, 5.74) is 2.08. The number of anilines is 2. The Morgan fingerprint density at radius 3 is 2.41 bits per heavy atom. The normalized spacial score (nSPS) is 15.0. The van der Waals surface area contributed by atoms with Crippen molar-refractivity contribution in [1.82, 2.24) is 9.88 Å². The van der Waals surface area contributed by atoms with Crippen LogP contribution in [0.4, 0.5) is 11.5 Å². The molecule has 1 aromatic heterocycles. The molecule has 27 heavy (non-hydrogen) atoms. The van der Waals surface area contributed by atoms with Crippen molar-refractivity contribution in [1.29, 1.82) is 0 Å². The Kier molecular flexibility index (Phi) is 6.40. The maximum Gasteiger partial charge on any atom is 0.128 e. The van der Waals surface area contributed by atoms with Gasteiger partial charge in [-0.1, -0.05) is 0 Å². The van der Waals surface area contributed by atoms with Gasteiger partial charge in [-0.25, -0.2) is 4.98 Å². The third-order valence-electron chi connectivity index (χ3n) is 5.24. The van der Waals surface area contributed by atoms with E-state index in [1.165, 1.54) is 5.69 Å². The van der Waals surface area contributed by atoms with Crippen LogP contribution in [0.5, 0.6) is 11.5 Å². The molecule has 0 saturated carbocycles. The molecule has 3 rings (SSSR count). The molecule has 1 aliphatic rings. The number of methoxy groups -OCH3 is 1. The Morgan fingerprint density at radius 2 is 1.81 bits per heavy atom. The first-order chi connectivity index (χ1) is 13.1. The zero-order chi connectivity index (χ0) is 19.2. The highest BCUT2D eigenvalue weighted by atomic mass is 16.5. The fraction of sp³-hybridized carbons (Fsp3) is 0.476. The molecule has 0 radical (unpaired) electrons. The lowest BCUT2D eigenvalue weighted by molar-refractivity contribution is 0.246. The third-order valence-corrected chi connectivity index (χ3v) is 5.24. The first-order valence-electron chi connectivity index (χ1n) is 9.68. The number of hydrogen-bond acceptors (Lipinski definition) is 6. The summed E-state index contributed by atoms with van der Waals surface area (Å²) in [6.45, 7) is 10.8. The predicted octanol–water partition coefficient (Wildman–Crippen LogP) is 2.96. The summed E-state index contributed by atoms with van der Waals surface area (Å²) in [7, 11) is 1.65. The molecule has 0 amide bonds. The highest BCUT2D eigenvalue weighted by molar-refractivity contribution is 5.50. The van der Waals surface area contributed by atoms with Gasteiger partial charge in [-0.05, 0) is 44.2 Å². The lowest BCUT2D eigenvalue weighted by atomic mass is 10.1. The number of pyridine rings is 1. The van der Waals surface area contributed by atoms with E-state index in [-0.39, 0.29) is 0 Å². The Morgan fingerprint density at radius 1 is 1.07 bits per heavy atom. The second-order valence-corrected chi connectivity index (χ2v) is 6.80. The van der Waals surface area contributed by atoms with Crippen molar-refractivity contribution in [3.05, 3.63) is 42.1 Å². The van der Waals surface area contributed by atoms with E-state index in [1.807, 2.05) is 12.3 Å². The summed E-state index contributed by atoms with van der Waals surface area (Å²) in [5.74, 6) is 2.14. The van der Waals surface area contributed by atoms with Crippen LogP contribution in [-0.4, -0.2) is 61.4 Å². The molecule has 2 aromatic rings. The quantitative estimate of drug-likeness (QED) is 0.809. The molecule has 6 nitrogen and oxygen atoms in total. The minimum Gasteiger partial charge on any atom is -0.508 e. The monoisotopic (exact) mass is 370 g/mol. The van der Waals surface area contributed by atoms with Crippen molar-refractivity contribution in [2.75, 3.05) is 56.2 Å². The smallest absolute Gasteiger partial charge is 0.128 e. The Balaban J connectivity index is 1.57. The standard InChI is InChI=1S/C21H30N4O2/c1-4-24(5-2)18-6-9-21(22-15-18)25-12-10-23(11-13-25)16-17-14-19(27-3)7-8-20(17)26/h6-9,14-15,26H,4-5,10-13,16H2,1-3H3. The molecule has 6 heteroatoms. The van der Waals surface area contributed by atoms with E-state index >= 15 is 0 Å². The van der Waals surface area contributed by atoms with Gasteiger partial charge >= 0.3 is 0 Å². The lowest BCUT2D eigenvalue weighted by Crippen LogP contribution is -2.46. The van der Waals surface area contributed by atoms with Crippen LogP contribution in [0.1, 0.15) is 19.4 Å². The zero-order valence-electron chi connectivity index (χ0n) is 16.6. The van der Waals surface area contributed by atoms with Crippen LogP contribution in [0.25, 0.3) is 0 Å². The molecular weight excluding hydrogens is 340 g/mol. The molecule has 0 unspecified atom stereocenters. The van der Waals surface area contributed by atoms with Gasteiger partial charge in [0.05, 0.1) is 19.0 Å². The third kappa shape index (κ3) is 4.63. The number of ether oxygens (including phenoxy) is 1. The highest BCUT2D eigenvalue weighted by Gasteiger charge is 2.19. The lowest BCUT2D eigenvalue weighted by Gasteiger charge is -2.35. The van der Waals surface area contributed by atoms with Crippen LogP contribution in [-0.2, 0) is 6.54 Å². The van der Waals surface area contributed by atoms with E-state index in [2.05, 4.69) is 45.7 Å². The van der Waals surface area contributed by atoms with Crippen LogP contribution >= 0.6 is 0 Å². The number of phenolic OH excluding ortho intramolecular Hbond substituents is 1. The van der Waals surface area contributed by atoms with E-state index in [1.54, 1.807) is 19.2 Å². The van der Waals surface area contributed by atoms with Gasteiger partial charge in [0.25, 0.3) is 0 Å². The van der Waals surface area contributed by atoms with Crippen LogP contribution in [0.2, 0.25) is 0 Å². The molecular formula is C21H30N4O2. The van der Waals surface area contributed by atoms with Crippen molar-refractivity contribution in [2.45, 2.75) is 20.4 Å². The summed E-state index contributed by atoms with van der Waals surface area (Å²) in [6, 6.07) is 9.68. The minimum atomic E-state index is 0.326. The summed E-state index contributed by atoms with van der Waals surface area (Å²) in [5, 5.41) is 10.1. The molecule has 0 bridgehead atoms. The van der Waals surface area contributed by atoms with E-state index in [0.29, 0.717) is 5.75 Å². The fourth-order valence-electron chi connectivity index (χ4n) is 3.53. The van der Waals surface area contributed by atoms with E-state index in [9.17, 15) is 5.11 Å². The molecule has 1 N–H and O–H groups in total. The van der Waals surface area contributed by atoms with Crippen LogP contribution < -0.4 is 14.5 Å². The number of aromatic nitrogens is 1. The molecule has 1 aliphatic heterocycles. The SMILES string of the molecule is CCN(CC)c1ccc(N2CCN(Cc3cc(OC)ccc3O)CC2)nc1. The van der Waals surface area contributed by atoms with Crippen molar-refractivity contribution >= 4 is 11.5 Å². The summed E-state index contributed by atoms with van der Waals surface area (Å²) < 4.78 is 5.27. The van der Waals surface area contributed by atoms with Gasteiger partial charge in [0.15, 0.2) is 0 Å². The van der Waals surface area contributed by atoms with Crippen molar-refractivity contribution in [3.8, 4) is 11.5 Å². The first-order valence-corrected chi connectivity index (χ1v) is 9.68. The largest absolute Gasteiger partial charge is 0.508 e. The molecule has 1 aromatic carbocycles. The second-order valence-electron chi connectivity index (χ2n) is 6.80. The number of phenols is 1. The Bertz CT molecular complexity index is 723. The number of benzene rings is 1. The Hall–Kier alpha value is -2.47. The van der Waals surface area contributed by atoms with E-state index in [4.69, 9.17) is 4.74 Å². The van der Waals surface area contributed by atoms with Gasteiger partial charge in [-0.3, -0.25) is 4.90 Å². The molecule has 0 spiro atoms. The van der Waals surface area contributed by atoms with Gasteiger partial charge in [0, 0.05) is 51.4 Å². The average Bonchev–Trinajstić information content (AvgIpc) is 2.72. The topological polar surface area (TPSA) is 52.1 Å². The number of aromatic hydroxyl groups is 1. The number of piperazine rings is 1. The van der Waals surface area contributed by atoms with E-state index in [0.717, 1.165) is 62.9 Å². The number of rotatable bonds is 7. The maximum absolute atomic E-state index is 10.1. The van der Waals surface area contributed by atoms with Crippen molar-refractivity contribution < 1.29 is 9.84 Å². The predicted molar refractivity (Wildman–Crippen MR) is 110 cm³/mol. The molecule has 0 aliphatic carbocycles. The Labute approximate surface area is 162 Å². The minimum absolute atomic E-state index is 0.326. The molecule has 0 atom stereocenters. The van der Waals surface area contributed by atoms with Gasteiger partial charge < -0.3 is 19.6 Å². The van der Waals surface area contributed by atoms with Gasteiger partial charge in [-0.2, -0.15) is 0 Å². The maximum atomic E-state index is 10.1. The molecule has 146 valence electrons. The molecule has 1 saturated heterocycles.